The Morgan fingerprint density at radius 2 is 2.12 bits per heavy atom. The first-order chi connectivity index (χ1) is 15.4. The van der Waals surface area contributed by atoms with E-state index >= 15 is 0 Å². The van der Waals surface area contributed by atoms with Gasteiger partial charge in [-0.1, -0.05) is 0 Å². The van der Waals surface area contributed by atoms with E-state index in [9.17, 15) is 14.7 Å². The molecule has 178 valence electrons. The van der Waals surface area contributed by atoms with Crippen LogP contribution in [0.1, 0.15) is 38.5 Å². The van der Waals surface area contributed by atoms with Gasteiger partial charge in [0.15, 0.2) is 11.4 Å². The highest BCUT2D eigenvalue weighted by molar-refractivity contribution is 5.65. The normalized spacial score (nSPS) is 18.4. The molecule has 2 aromatic heterocycles. The molecule has 2 unspecified atom stereocenters. The van der Waals surface area contributed by atoms with Crippen LogP contribution >= 0.6 is 0 Å². The molecule has 0 radical (unpaired) electrons. The van der Waals surface area contributed by atoms with E-state index in [-0.39, 0.29) is 19.3 Å². The Bertz CT molecular complexity index is 869. The Hall–Kier alpha value is -3.47. The Kier molecular flexibility index (Phi) is 13.7. The summed E-state index contributed by atoms with van der Waals surface area (Å²) in [5.41, 5.74) is 6.19. The number of hydrogen-bond donors (Lipinski definition) is 4. The number of rotatable bonds is 5. The maximum Gasteiger partial charge on any atom is 0.505 e. The van der Waals surface area contributed by atoms with E-state index in [1.165, 1.54) is 6.33 Å². The molecular weight excluding hydrogens is 426 g/mol. The van der Waals surface area contributed by atoms with Crippen LogP contribution in [0, 0.1) is 11.3 Å². The zero-order chi connectivity index (χ0) is 24.6. The fourth-order valence-corrected chi connectivity index (χ4v) is 2.60. The van der Waals surface area contributed by atoms with Gasteiger partial charge in [0, 0.05) is 7.11 Å². The molecule has 13 nitrogen and oxygen atoms in total. The van der Waals surface area contributed by atoms with Crippen molar-refractivity contribution >= 4 is 24.0 Å². The van der Waals surface area contributed by atoms with Gasteiger partial charge in [-0.05, 0) is 38.8 Å². The van der Waals surface area contributed by atoms with Gasteiger partial charge in [-0.25, -0.2) is 14.3 Å². The van der Waals surface area contributed by atoms with Crippen molar-refractivity contribution in [2.45, 2.75) is 38.4 Å². The summed E-state index contributed by atoms with van der Waals surface area (Å²) in [6.07, 6.45) is 1.05. The fourth-order valence-electron chi connectivity index (χ4n) is 2.60. The van der Waals surface area contributed by atoms with Gasteiger partial charge in [0.25, 0.3) is 6.47 Å². The van der Waals surface area contributed by atoms with Crippen LogP contribution in [0.15, 0.2) is 18.5 Å². The van der Waals surface area contributed by atoms with Crippen LogP contribution in [0.5, 0.6) is 0 Å². The number of fused-ring (bicyclic) bond motifs is 1. The van der Waals surface area contributed by atoms with Gasteiger partial charge in [0.2, 0.25) is 0 Å². The molecule has 0 aliphatic carbocycles. The highest BCUT2D eigenvalue weighted by Crippen LogP contribution is 2.39. The number of nitrogens with two attached hydrogens (primary N) is 1. The van der Waals surface area contributed by atoms with Crippen LogP contribution in [-0.4, -0.2) is 75.1 Å². The largest absolute Gasteiger partial charge is 0.505 e. The summed E-state index contributed by atoms with van der Waals surface area (Å²) in [6, 6.07) is 5.72. The van der Waals surface area contributed by atoms with Crippen LogP contribution in [-0.2, 0) is 19.0 Å². The fraction of sp³-hybridized carbons (Fsp3) is 0.526. The minimum absolute atomic E-state index is 0.231. The number of carbonyl (C=O) groups excluding carboxylic acids is 1. The van der Waals surface area contributed by atoms with Gasteiger partial charge < -0.3 is 35.3 Å². The van der Waals surface area contributed by atoms with E-state index in [0.717, 1.165) is 12.8 Å². The number of nitrogens with zero attached hydrogens (tertiary/aromatic N) is 4. The molecule has 0 bridgehead atoms. The van der Waals surface area contributed by atoms with Gasteiger partial charge in [0.1, 0.15) is 24.0 Å². The highest BCUT2D eigenvalue weighted by atomic mass is 16.7. The molecule has 3 rings (SSSR count). The standard InChI is InChI=1S/C12H13N5O2.C3H6O3.C3H6O2.CH4O/c13-5-12(6-18)4-3-10(19-12)8-1-2-9-11(14)15-7-16-17(8)9;1-2-6-3(4)5;1-2-5-3-4;1-2/h1-2,7,10,18H,3-4,6H2,(H2,14,15,16);2H2,1H3,(H,4,5);3H,2H2,1H3;2H,1H3. The van der Waals surface area contributed by atoms with Crippen LogP contribution in [0.25, 0.3) is 5.52 Å². The second-order valence-electron chi connectivity index (χ2n) is 5.86. The molecule has 3 heterocycles. The number of hydrogen-bond acceptors (Lipinski definition) is 11. The summed E-state index contributed by atoms with van der Waals surface area (Å²) in [5.74, 6) is 0.396. The van der Waals surface area contributed by atoms with Crippen LogP contribution in [0.3, 0.4) is 0 Å². The van der Waals surface area contributed by atoms with Gasteiger partial charge in [-0.15, -0.1) is 0 Å². The quantitative estimate of drug-likeness (QED) is 0.367. The summed E-state index contributed by atoms with van der Waals surface area (Å²) in [6.45, 7) is 4.21. The molecule has 2 aromatic rings. The Balaban J connectivity index is 0.000000617. The van der Waals surface area contributed by atoms with Crippen LogP contribution < -0.4 is 5.73 Å². The zero-order valence-electron chi connectivity index (χ0n) is 18.2. The third kappa shape index (κ3) is 8.34. The summed E-state index contributed by atoms with van der Waals surface area (Å²) in [5, 5.41) is 37.2. The predicted octanol–water partition coefficient (Wildman–Crippen LogP) is 0.906. The molecule has 1 saturated heterocycles. The molecule has 0 spiro atoms. The number of carboxylic acid groups (broad SMARTS) is 1. The van der Waals surface area contributed by atoms with Crippen LogP contribution in [0.4, 0.5) is 10.6 Å². The number of nitriles is 1. The average molecular weight is 455 g/mol. The molecule has 0 amide bonds. The summed E-state index contributed by atoms with van der Waals surface area (Å²) in [4.78, 5) is 22.5. The number of ether oxygens (including phenoxy) is 3. The minimum Gasteiger partial charge on any atom is -0.468 e. The smallest absolute Gasteiger partial charge is 0.468 e. The summed E-state index contributed by atoms with van der Waals surface area (Å²) in [7, 11) is 1.00. The average Bonchev–Trinajstić information content (AvgIpc) is 3.42. The van der Waals surface area contributed by atoms with E-state index in [4.69, 9.17) is 25.9 Å². The van der Waals surface area contributed by atoms with E-state index in [1.54, 1.807) is 18.4 Å². The Morgan fingerprint density at radius 3 is 2.53 bits per heavy atom. The maximum atomic E-state index is 9.38. The molecule has 13 heteroatoms. The lowest BCUT2D eigenvalue weighted by Gasteiger charge is -2.18. The SMILES string of the molecule is CCOC(=O)O.CCOC=O.CO.N#CC1(CO)CCC(c2ccc3c(N)ncnn23)O1. The van der Waals surface area contributed by atoms with Crippen molar-refractivity contribution in [1.29, 1.82) is 5.26 Å². The van der Waals surface area contributed by atoms with E-state index in [2.05, 4.69) is 19.6 Å². The third-order valence-corrected chi connectivity index (χ3v) is 3.98. The van der Waals surface area contributed by atoms with Crippen LogP contribution in [0.2, 0.25) is 0 Å². The van der Waals surface area contributed by atoms with Crippen molar-refractivity contribution in [3.8, 4) is 6.07 Å². The Morgan fingerprint density at radius 1 is 1.44 bits per heavy atom. The third-order valence-electron chi connectivity index (χ3n) is 3.98. The molecule has 2 atom stereocenters. The lowest BCUT2D eigenvalue weighted by atomic mass is 10.0. The topological polar surface area (TPSA) is 203 Å². The van der Waals surface area contributed by atoms with Gasteiger partial charge in [-0.2, -0.15) is 10.4 Å². The molecule has 0 aromatic carbocycles. The van der Waals surface area contributed by atoms with Crippen molar-refractivity contribution < 1.29 is 39.1 Å². The Labute approximate surface area is 184 Å². The van der Waals surface area contributed by atoms with Crippen molar-refractivity contribution in [2.24, 2.45) is 0 Å². The number of anilines is 1. The first-order valence-electron chi connectivity index (χ1n) is 9.51. The monoisotopic (exact) mass is 455 g/mol. The molecule has 1 fully saturated rings. The zero-order valence-corrected chi connectivity index (χ0v) is 18.2. The minimum atomic E-state index is -1.21. The first kappa shape index (κ1) is 28.5. The molecule has 1 aliphatic rings. The second kappa shape index (κ2) is 15.3. The van der Waals surface area contributed by atoms with Crippen molar-refractivity contribution in [3.63, 3.8) is 0 Å². The number of aliphatic hydroxyl groups is 2. The number of aliphatic hydroxyl groups excluding tert-OH is 2. The van der Waals surface area contributed by atoms with Crippen molar-refractivity contribution in [1.82, 2.24) is 14.6 Å². The summed E-state index contributed by atoms with van der Waals surface area (Å²) >= 11 is 0. The second-order valence-corrected chi connectivity index (χ2v) is 5.86. The first-order valence-corrected chi connectivity index (χ1v) is 9.51. The lowest BCUT2D eigenvalue weighted by Crippen LogP contribution is -2.30. The van der Waals surface area contributed by atoms with Gasteiger partial charge in [-0.3, -0.25) is 4.79 Å². The number of nitrogen functional groups attached to an aromatic ring is 1. The summed E-state index contributed by atoms with van der Waals surface area (Å²) < 4.78 is 15.5. The van der Waals surface area contributed by atoms with Crippen molar-refractivity contribution in [3.05, 3.63) is 24.2 Å². The maximum absolute atomic E-state index is 9.38. The molecular formula is C19H29N5O8. The van der Waals surface area contributed by atoms with E-state index in [0.29, 0.717) is 37.3 Å². The number of aromatic nitrogens is 3. The number of carbonyl (C=O) groups is 2. The highest BCUT2D eigenvalue weighted by Gasteiger charge is 2.41. The molecule has 5 N–H and O–H groups in total. The molecule has 1 aliphatic heterocycles. The van der Waals surface area contributed by atoms with Gasteiger partial charge in [0.05, 0.1) is 25.5 Å². The van der Waals surface area contributed by atoms with Gasteiger partial charge >= 0.3 is 6.16 Å². The van der Waals surface area contributed by atoms with Crippen molar-refractivity contribution in [2.75, 3.05) is 32.7 Å². The molecule has 0 saturated carbocycles. The molecule has 32 heavy (non-hydrogen) atoms. The lowest BCUT2D eigenvalue weighted by molar-refractivity contribution is -0.128. The van der Waals surface area contributed by atoms with E-state index in [1.807, 2.05) is 18.2 Å². The van der Waals surface area contributed by atoms with E-state index < -0.39 is 11.8 Å². The predicted molar refractivity (Wildman–Crippen MR) is 111 cm³/mol.